The fourth-order valence-corrected chi connectivity index (χ4v) is 2.65. The number of rotatable bonds is 2. The maximum atomic E-state index is 11.2. The Bertz CT molecular complexity index is 1010. The van der Waals surface area contributed by atoms with Crippen LogP contribution in [0.1, 0.15) is 10.4 Å². The SMILES string of the molecule is O=Cc1c(O)ccc2oc(-c3cccc4ccccc34)nc12. The van der Waals surface area contributed by atoms with Crippen molar-refractivity contribution in [3.8, 4) is 17.2 Å². The van der Waals surface area contributed by atoms with E-state index in [0.29, 0.717) is 23.3 Å². The average Bonchev–Trinajstić information content (AvgIpc) is 2.98. The first-order valence-electron chi connectivity index (χ1n) is 6.84. The maximum absolute atomic E-state index is 11.2. The van der Waals surface area contributed by atoms with Gasteiger partial charge in [0.25, 0.3) is 0 Å². The third-order valence-corrected chi connectivity index (χ3v) is 3.71. The maximum Gasteiger partial charge on any atom is 0.227 e. The number of nitrogens with zero attached hydrogens (tertiary/aromatic N) is 1. The van der Waals surface area contributed by atoms with Gasteiger partial charge in [-0.3, -0.25) is 4.79 Å². The number of fused-ring (bicyclic) bond motifs is 2. The summed E-state index contributed by atoms with van der Waals surface area (Å²) >= 11 is 0. The summed E-state index contributed by atoms with van der Waals surface area (Å²) in [5.41, 5.74) is 1.85. The molecule has 1 N–H and O–H groups in total. The van der Waals surface area contributed by atoms with Gasteiger partial charge in [-0.15, -0.1) is 0 Å². The van der Waals surface area contributed by atoms with Crippen molar-refractivity contribution in [3.05, 3.63) is 60.2 Å². The fourth-order valence-electron chi connectivity index (χ4n) is 2.65. The summed E-state index contributed by atoms with van der Waals surface area (Å²) < 4.78 is 5.78. The first kappa shape index (κ1) is 12.6. The predicted octanol–water partition coefficient (Wildman–Crippen LogP) is 4.17. The molecule has 0 saturated heterocycles. The van der Waals surface area contributed by atoms with Gasteiger partial charge in [0.2, 0.25) is 5.89 Å². The first-order chi connectivity index (χ1) is 10.8. The van der Waals surface area contributed by atoms with E-state index in [1.54, 1.807) is 6.07 Å². The van der Waals surface area contributed by atoms with E-state index in [0.717, 1.165) is 16.3 Å². The number of hydrogen-bond acceptors (Lipinski definition) is 4. The van der Waals surface area contributed by atoms with Crippen molar-refractivity contribution in [2.45, 2.75) is 0 Å². The second-order valence-electron chi connectivity index (χ2n) is 5.01. The zero-order valence-corrected chi connectivity index (χ0v) is 11.5. The summed E-state index contributed by atoms with van der Waals surface area (Å²) in [5.74, 6) is 0.334. The molecule has 4 rings (SSSR count). The Morgan fingerprint density at radius 2 is 1.82 bits per heavy atom. The van der Waals surface area contributed by atoms with Gasteiger partial charge in [-0.1, -0.05) is 36.4 Å². The van der Waals surface area contributed by atoms with Gasteiger partial charge >= 0.3 is 0 Å². The lowest BCUT2D eigenvalue weighted by atomic mass is 10.0. The van der Waals surface area contributed by atoms with E-state index in [-0.39, 0.29) is 11.3 Å². The zero-order chi connectivity index (χ0) is 15.1. The third-order valence-electron chi connectivity index (χ3n) is 3.71. The van der Waals surface area contributed by atoms with Gasteiger partial charge in [0.15, 0.2) is 11.9 Å². The Balaban J connectivity index is 2.03. The van der Waals surface area contributed by atoms with E-state index < -0.39 is 0 Å². The molecule has 0 radical (unpaired) electrons. The van der Waals surface area contributed by atoms with Crippen LogP contribution in [0.2, 0.25) is 0 Å². The number of phenolic OH excluding ortho intramolecular Hbond substituents is 1. The van der Waals surface area contributed by atoms with Gasteiger partial charge < -0.3 is 9.52 Å². The van der Waals surface area contributed by atoms with Gasteiger partial charge in [-0.2, -0.15) is 0 Å². The second-order valence-corrected chi connectivity index (χ2v) is 5.01. The molecule has 0 aliphatic heterocycles. The van der Waals surface area contributed by atoms with E-state index in [1.807, 2.05) is 42.5 Å². The highest BCUT2D eigenvalue weighted by atomic mass is 16.3. The highest BCUT2D eigenvalue weighted by Gasteiger charge is 2.15. The summed E-state index contributed by atoms with van der Waals surface area (Å²) in [5, 5.41) is 11.9. The van der Waals surface area contributed by atoms with Crippen LogP contribution in [0.15, 0.2) is 59.0 Å². The molecule has 0 bridgehead atoms. The monoisotopic (exact) mass is 289 g/mol. The lowest BCUT2D eigenvalue weighted by Gasteiger charge is -2.01. The van der Waals surface area contributed by atoms with E-state index in [9.17, 15) is 9.90 Å². The van der Waals surface area contributed by atoms with Crippen molar-refractivity contribution in [1.82, 2.24) is 4.98 Å². The van der Waals surface area contributed by atoms with E-state index in [4.69, 9.17) is 4.42 Å². The Kier molecular flexibility index (Phi) is 2.69. The molecular weight excluding hydrogens is 278 g/mol. The van der Waals surface area contributed by atoms with Crippen molar-refractivity contribution in [1.29, 1.82) is 0 Å². The molecule has 4 aromatic rings. The molecule has 1 heterocycles. The smallest absolute Gasteiger partial charge is 0.227 e. The van der Waals surface area contributed by atoms with Crippen LogP contribution in [-0.2, 0) is 0 Å². The average molecular weight is 289 g/mol. The molecular formula is C18H11NO3. The molecule has 3 aromatic carbocycles. The van der Waals surface area contributed by atoms with Crippen molar-refractivity contribution in [3.63, 3.8) is 0 Å². The number of oxazole rings is 1. The molecule has 4 heteroatoms. The summed E-state index contributed by atoms with van der Waals surface area (Å²) in [6, 6.07) is 16.9. The topological polar surface area (TPSA) is 63.3 Å². The zero-order valence-electron chi connectivity index (χ0n) is 11.5. The number of aldehydes is 1. The van der Waals surface area contributed by atoms with E-state index in [1.165, 1.54) is 6.07 Å². The van der Waals surface area contributed by atoms with Gasteiger partial charge in [0, 0.05) is 5.56 Å². The quantitative estimate of drug-likeness (QED) is 0.563. The summed E-state index contributed by atoms with van der Waals surface area (Å²) in [4.78, 5) is 15.6. The molecule has 22 heavy (non-hydrogen) atoms. The normalized spacial score (nSPS) is 11.1. The standard InChI is InChI=1S/C18H11NO3/c20-10-14-15(21)8-9-16-17(14)19-18(22-16)13-7-3-5-11-4-1-2-6-12(11)13/h1-10,21H. The number of carbonyl (C=O) groups is 1. The fraction of sp³-hybridized carbons (Fsp3) is 0. The number of hydrogen-bond donors (Lipinski definition) is 1. The molecule has 0 aliphatic carbocycles. The van der Waals surface area contributed by atoms with Gasteiger partial charge in [0.1, 0.15) is 11.3 Å². The molecule has 0 spiro atoms. The minimum atomic E-state index is -0.0970. The Hall–Kier alpha value is -3.14. The minimum Gasteiger partial charge on any atom is -0.507 e. The lowest BCUT2D eigenvalue weighted by molar-refractivity contribution is 0.112. The number of carbonyl (C=O) groups excluding carboxylic acids is 1. The van der Waals surface area contributed by atoms with Crippen LogP contribution in [0.5, 0.6) is 5.75 Å². The van der Waals surface area contributed by atoms with Crippen LogP contribution in [-0.4, -0.2) is 16.4 Å². The van der Waals surface area contributed by atoms with Crippen molar-refractivity contribution < 1.29 is 14.3 Å². The predicted molar refractivity (Wildman–Crippen MR) is 84.0 cm³/mol. The lowest BCUT2D eigenvalue weighted by Crippen LogP contribution is -1.84. The van der Waals surface area contributed by atoms with E-state index >= 15 is 0 Å². The van der Waals surface area contributed by atoms with Crippen LogP contribution in [0.4, 0.5) is 0 Å². The van der Waals surface area contributed by atoms with Crippen LogP contribution in [0, 0.1) is 0 Å². The number of phenols is 1. The first-order valence-corrected chi connectivity index (χ1v) is 6.84. The van der Waals surface area contributed by atoms with Crippen LogP contribution >= 0.6 is 0 Å². The van der Waals surface area contributed by atoms with Crippen LogP contribution < -0.4 is 0 Å². The molecule has 0 unspecified atom stereocenters. The van der Waals surface area contributed by atoms with Crippen molar-refractivity contribution in [2.24, 2.45) is 0 Å². The Morgan fingerprint density at radius 3 is 2.68 bits per heavy atom. The number of benzene rings is 3. The Labute approximate surface area is 125 Å². The highest BCUT2D eigenvalue weighted by molar-refractivity contribution is 5.99. The molecule has 0 aliphatic rings. The molecule has 0 atom stereocenters. The molecule has 4 nitrogen and oxygen atoms in total. The third kappa shape index (κ3) is 1.78. The summed E-state index contributed by atoms with van der Waals surface area (Å²) in [7, 11) is 0. The molecule has 106 valence electrons. The van der Waals surface area contributed by atoms with Gasteiger partial charge in [-0.25, -0.2) is 4.98 Å². The molecule has 0 saturated carbocycles. The highest BCUT2D eigenvalue weighted by Crippen LogP contribution is 2.33. The summed E-state index contributed by atoms with van der Waals surface area (Å²) in [6.07, 6.45) is 0.590. The second kappa shape index (κ2) is 4.70. The van der Waals surface area contributed by atoms with E-state index in [2.05, 4.69) is 4.98 Å². The van der Waals surface area contributed by atoms with Crippen molar-refractivity contribution >= 4 is 28.2 Å². The molecule has 0 amide bonds. The molecule has 1 aromatic heterocycles. The largest absolute Gasteiger partial charge is 0.507 e. The van der Waals surface area contributed by atoms with Crippen LogP contribution in [0.3, 0.4) is 0 Å². The number of aromatic nitrogens is 1. The van der Waals surface area contributed by atoms with Crippen LogP contribution in [0.25, 0.3) is 33.3 Å². The number of aromatic hydroxyl groups is 1. The minimum absolute atomic E-state index is 0.0970. The van der Waals surface area contributed by atoms with Gasteiger partial charge in [0.05, 0.1) is 5.56 Å². The van der Waals surface area contributed by atoms with Gasteiger partial charge in [-0.05, 0) is 29.0 Å². The molecule has 0 fully saturated rings. The Morgan fingerprint density at radius 1 is 1.00 bits per heavy atom. The van der Waals surface area contributed by atoms with Crippen molar-refractivity contribution in [2.75, 3.05) is 0 Å². The summed E-state index contributed by atoms with van der Waals surface area (Å²) in [6.45, 7) is 0.